The van der Waals surface area contributed by atoms with E-state index in [1.54, 1.807) is 0 Å². The maximum absolute atomic E-state index is 5.94. The number of rotatable bonds is 2. The van der Waals surface area contributed by atoms with E-state index in [1.807, 2.05) is 30.4 Å². The normalized spacial score (nSPS) is 11.8. The quantitative estimate of drug-likeness (QED) is 0.310. The van der Waals surface area contributed by atoms with Crippen LogP contribution in [0.15, 0.2) is 65.1 Å². The number of para-hydroxylation sites is 1. The van der Waals surface area contributed by atoms with Crippen molar-refractivity contribution >= 4 is 42.6 Å². The molecule has 0 radical (unpaired) electrons. The Bertz CT molecular complexity index is 1580. The number of oxazole rings is 1. The lowest BCUT2D eigenvalue weighted by atomic mass is 10.1. The SMILES string of the molecule is Cc1nc2cccc(-c3nc(C)c(C)n3-c3ccc4c(c3)sc3ccccc34)c2o1. The molecule has 0 amide bonds. The van der Waals surface area contributed by atoms with Gasteiger partial charge in [-0.25, -0.2) is 9.97 Å². The van der Waals surface area contributed by atoms with Gasteiger partial charge in [0.25, 0.3) is 0 Å². The standard InChI is InChI=1S/C25H19N3OS/c1-14-15(2)28(25(26-14)20-8-6-9-21-24(20)29-16(3)27-21)17-11-12-19-18-7-4-5-10-22(18)30-23(19)13-17/h4-13H,1-3H3. The summed E-state index contributed by atoms with van der Waals surface area (Å²) in [6.45, 7) is 6.05. The molecule has 3 aromatic carbocycles. The molecule has 30 heavy (non-hydrogen) atoms. The largest absolute Gasteiger partial charge is 0.440 e. The summed E-state index contributed by atoms with van der Waals surface area (Å²) in [5.74, 6) is 1.54. The summed E-state index contributed by atoms with van der Waals surface area (Å²) in [7, 11) is 0. The molecule has 0 saturated heterocycles. The van der Waals surface area contributed by atoms with Gasteiger partial charge in [0, 0.05) is 38.5 Å². The second kappa shape index (κ2) is 6.28. The van der Waals surface area contributed by atoms with Gasteiger partial charge in [-0.15, -0.1) is 11.3 Å². The lowest BCUT2D eigenvalue weighted by Crippen LogP contribution is -2.00. The number of benzene rings is 3. The van der Waals surface area contributed by atoms with Gasteiger partial charge < -0.3 is 4.42 Å². The van der Waals surface area contributed by atoms with E-state index in [1.165, 1.54) is 20.2 Å². The first-order valence-electron chi connectivity index (χ1n) is 9.94. The Labute approximate surface area is 177 Å². The lowest BCUT2D eigenvalue weighted by molar-refractivity contribution is 0.561. The van der Waals surface area contributed by atoms with Crippen molar-refractivity contribution in [1.29, 1.82) is 0 Å². The Morgan fingerprint density at radius 2 is 1.67 bits per heavy atom. The summed E-state index contributed by atoms with van der Waals surface area (Å²) in [5.41, 5.74) is 5.84. The van der Waals surface area contributed by atoms with Crippen LogP contribution in [0.1, 0.15) is 17.3 Å². The fraction of sp³-hybridized carbons (Fsp3) is 0.120. The van der Waals surface area contributed by atoms with Crippen molar-refractivity contribution in [3.8, 4) is 17.1 Å². The molecule has 0 aliphatic carbocycles. The summed E-state index contributed by atoms with van der Waals surface area (Å²) in [4.78, 5) is 9.41. The first-order valence-corrected chi connectivity index (χ1v) is 10.8. The smallest absolute Gasteiger partial charge is 0.192 e. The van der Waals surface area contributed by atoms with Crippen LogP contribution in [0.4, 0.5) is 0 Å². The summed E-state index contributed by atoms with van der Waals surface area (Å²) < 4.78 is 10.8. The van der Waals surface area contributed by atoms with Crippen LogP contribution in [0, 0.1) is 20.8 Å². The van der Waals surface area contributed by atoms with E-state index in [9.17, 15) is 0 Å². The zero-order valence-electron chi connectivity index (χ0n) is 16.9. The zero-order valence-corrected chi connectivity index (χ0v) is 17.7. The number of fused-ring (bicyclic) bond motifs is 4. The van der Waals surface area contributed by atoms with Crippen molar-refractivity contribution in [2.45, 2.75) is 20.8 Å². The molecule has 146 valence electrons. The second-order valence-corrected chi connectivity index (χ2v) is 8.69. The van der Waals surface area contributed by atoms with Gasteiger partial charge in [0.15, 0.2) is 11.5 Å². The van der Waals surface area contributed by atoms with Crippen LogP contribution in [0.2, 0.25) is 0 Å². The Morgan fingerprint density at radius 3 is 2.57 bits per heavy atom. The van der Waals surface area contributed by atoms with Crippen LogP contribution in [0.5, 0.6) is 0 Å². The molecule has 0 fully saturated rings. The molecule has 0 spiro atoms. The molecule has 0 atom stereocenters. The third kappa shape index (κ3) is 2.45. The Balaban J connectivity index is 1.63. The minimum Gasteiger partial charge on any atom is -0.440 e. The van der Waals surface area contributed by atoms with Crippen molar-refractivity contribution in [3.63, 3.8) is 0 Å². The number of aromatic nitrogens is 3. The molecule has 5 heteroatoms. The van der Waals surface area contributed by atoms with Gasteiger partial charge in [-0.3, -0.25) is 4.57 Å². The first-order chi connectivity index (χ1) is 14.6. The minimum absolute atomic E-state index is 0.663. The molecular formula is C25H19N3OS. The molecule has 3 heterocycles. The van der Waals surface area contributed by atoms with Crippen LogP contribution >= 0.6 is 11.3 Å². The van der Waals surface area contributed by atoms with E-state index in [2.05, 4.69) is 71.9 Å². The number of thiophene rings is 1. The van der Waals surface area contributed by atoms with Crippen LogP contribution in [-0.4, -0.2) is 14.5 Å². The van der Waals surface area contributed by atoms with Crippen molar-refractivity contribution in [2.24, 2.45) is 0 Å². The average Bonchev–Trinajstić information content (AvgIpc) is 3.39. The molecular weight excluding hydrogens is 390 g/mol. The van der Waals surface area contributed by atoms with E-state index in [-0.39, 0.29) is 0 Å². The number of hydrogen-bond donors (Lipinski definition) is 0. The van der Waals surface area contributed by atoms with E-state index in [4.69, 9.17) is 9.40 Å². The first kappa shape index (κ1) is 17.4. The third-order valence-electron chi connectivity index (χ3n) is 5.73. The molecule has 0 saturated carbocycles. The lowest BCUT2D eigenvalue weighted by Gasteiger charge is -2.11. The van der Waals surface area contributed by atoms with Gasteiger partial charge >= 0.3 is 0 Å². The Morgan fingerprint density at radius 1 is 0.833 bits per heavy atom. The van der Waals surface area contributed by atoms with Gasteiger partial charge in [-0.05, 0) is 44.2 Å². The average molecular weight is 410 g/mol. The number of aryl methyl sites for hydroxylation is 2. The zero-order chi connectivity index (χ0) is 20.4. The highest BCUT2D eigenvalue weighted by Crippen LogP contribution is 2.37. The Kier molecular flexibility index (Phi) is 3.65. The number of hydrogen-bond acceptors (Lipinski definition) is 4. The van der Waals surface area contributed by atoms with Crippen molar-refractivity contribution in [3.05, 3.63) is 77.9 Å². The fourth-order valence-corrected chi connectivity index (χ4v) is 5.34. The maximum Gasteiger partial charge on any atom is 0.192 e. The van der Waals surface area contributed by atoms with E-state index >= 15 is 0 Å². The van der Waals surface area contributed by atoms with Gasteiger partial charge in [0.1, 0.15) is 11.3 Å². The predicted molar refractivity (Wildman–Crippen MR) is 124 cm³/mol. The molecule has 4 nitrogen and oxygen atoms in total. The van der Waals surface area contributed by atoms with Gasteiger partial charge in [0.2, 0.25) is 0 Å². The van der Waals surface area contributed by atoms with E-state index in [0.717, 1.165) is 39.6 Å². The molecule has 0 aliphatic heterocycles. The van der Waals surface area contributed by atoms with E-state index in [0.29, 0.717) is 5.89 Å². The molecule has 0 unspecified atom stereocenters. The fourth-order valence-electron chi connectivity index (χ4n) is 4.20. The van der Waals surface area contributed by atoms with Crippen molar-refractivity contribution in [2.75, 3.05) is 0 Å². The Hall–Kier alpha value is -3.44. The summed E-state index contributed by atoms with van der Waals surface area (Å²) >= 11 is 1.83. The summed E-state index contributed by atoms with van der Waals surface area (Å²) in [6, 6.07) is 21.3. The minimum atomic E-state index is 0.663. The predicted octanol–water partition coefficient (Wildman–Crippen LogP) is 6.97. The van der Waals surface area contributed by atoms with E-state index < -0.39 is 0 Å². The van der Waals surface area contributed by atoms with Gasteiger partial charge in [-0.2, -0.15) is 0 Å². The summed E-state index contributed by atoms with van der Waals surface area (Å²) in [6.07, 6.45) is 0. The van der Waals surface area contributed by atoms with Crippen LogP contribution in [0.25, 0.3) is 48.3 Å². The highest BCUT2D eigenvalue weighted by molar-refractivity contribution is 7.25. The topological polar surface area (TPSA) is 43.9 Å². The highest BCUT2D eigenvalue weighted by Gasteiger charge is 2.19. The third-order valence-corrected chi connectivity index (χ3v) is 6.86. The number of imidazole rings is 1. The van der Waals surface area contributed by atoms with Crippen LogP contribution < -0.4 is 0 Å². The molecule has 0 N–H and O–H groups in total. The summed E-state index contributed by atoms with van der Waals surface area (Å²) in [5, 5.41) is 2.60. The van der Waals surface area contributed by atoms with Crippen LogP contribution in [0.3, 0.4) is 0 Å². The molecule has 6 rings (SSSR count). The van der Waals surface area contributed by atoms with Gasteiger partial charge in [0.05, 0.1) is 11.3 Å². The number of nitrogens with zero attached hydrogens (tertiary/aromatic N) is 3. The molecule has 0 aliphatic rings. The van der Waals surface area contributed by atoms with Crippen LogP contribution in [-0.2, 0) is 0 Å². The monoisotopic (exact) mass is 409 g/mol. The van der Waals surface area contributed by atoms with Gasteiger partial charge in [-0.1, -0.05) is 30.3 Å². The van der Waals surface area contributed by atoms with Crippen molar-refractivity contribution in [1.82, 2.24) is 14.5 Å². The highest BCUT2D eigenvalue weighted by atomic mass is 32.1. The molecule has 3 aromatic heterocycles. The molecule has 6 aromatic rings. The maximum atomic E-state index is 5.94. The second-order valence-electron chi connectivity index (χ2n) is 7.61. The molecule has 0 bridgehead atoms. The van der Waals surface area contributed by atoms with Crippen molar-refractivity contribution < 1.29 is 4.42 Å².